The first-order chi connectivity index (χ1) is 13.2. The van der Waals surface area contributed by atoms with Gasteiger partial charge < -0.3 is 15.5 Å². The van der Waals surface area contributed by atoms with Gasteiger partial charge in [0.15, 0.2) is 0 Å². The highest BCUT2D eigenvalue weighted by Crippen LogP contribution is 2.27. The van der Waals surface area contributed by atoms with E-state index in [0.717, 1.165) is 36.5 Å². The van der Waals surface area contributed by atoms with Gasteiger partial charge in [-0.3, -0.25) is 4.79 Å². The fourth-order valence-electron chi connectivity index (χ4n) is 3.78. The third kappa shape index (κ3) is 5.25. The molecular formula is C22H31N3OS. The number of carbonyl (C=O) groups is 1. The minimum Gasteiger partial charge on any atom is -0.372 e. The van der Waals surface area contributed by atoms with Crippen LogP contribution in [0.25, 0.3) is 0 Å². The molecule has 5 heteroatoms. The Morgan fingerprint density at radius 2 is 1.81 bits per heavy atom. The average molecular weight is 386 g/mol. The molecule has 1 amide bonds. The molecule has 1 atom stereocenters. The van der Waals surface area contributed by atoms with Gasteiger partial charge in [0.2, 0.25) is 5.91 Å². The van der Waals surface area contributed by atoms with E-state index in [1.165, 1.54) is 24.9 Å². The smallest absolute Gasteiger partial charge is 0.248 e. The summed E-state index contributed by atoms with van der Waals surface area (Å²) in [4.78, 5) is 16.4. The van der Waals surface area contributed by atoms with E-state index in [1.807, 2.05) is 17.5 Å². The Balaban J connectivity index is 1.71. The molecule has 0 aliphatic heterocycles. The average Bonchev–Trinajstić information content (AvgIpc) is 3.23. The predicted octanol–water partition coefficient (Wildman–Crippen LogP) is 5.20. The van der Waals surface area contributed by atoms with Crippen LogP contribution in [0.1, 0.15) is 56.9 Å². The summed E-state index contributed by atoms with van der Waals surface area (Å²) < 4.78 is 0. The van der Waals surface area contributed by atoms with Crippen molar-refractivity contribution >= 4 is 28.6 Å². The molecule has 146 valence electrons. The van der Waals surface area contributed by atoms with Crippen molar-refractivity contribution in [2.45, 2.75) is 58.0 Å². The zero-order valence-corrected chi connectivity index (χ0v) is 17.2. The lowest BCUT2D eigenvalue weighted by molar-refractivity contribution is -0.122. The summed E-state index contributed by atoms with van der Waals surface area (Å²) in [6.07, 6.45) is 5.92. The van der Waals surface area contributed by atoms with Gasteiger partial charge in [-0.2, -0.15) is 0 Å². The molecular weight excluding hydrogens is 354 g/mol. The number of carbonyl (C=O) groups excluding carboxylic acids is 1. The second kappa shape index (κ2) is 9.79. The maximum absolute atomic E-state index is 13.0. The van der Waals surface area contributed by atoms with Crippen molar-refractivity contribution < 1.29 is 4.79 Å². The van der Waals surface area contributed by atoms with Gasteiger partial charge in [-0.25, -0.2) is 0 Å². The van der Waals surface area contributed by atoms with Crippen LogP contribution >= 0.6 is 11.3 Å². The molecule has 1 unspecified atom stereocenters. The number of hydrogen-bond acceptors (Lipinski definition) is 4. The number of nitrogens with zero attached hydrogens (tertiary/aromatic N) is 1. The lowest BCUT2D eigenvalue weighted by atomic mass is 9.95. The molecule has 1 fully saturated rings. The number of anilines is 2. The van der Waals surface area contributed by atoms with Crippen LogP contribution in [0.2, 0.25) is 0 Å². The van der Waals surface area contributed by atoms with Crippen molar-refractivity contribution in [3.8, 4) is 0 Å². The van der Waals surface area contributed by atoms with Gasteiger partial charge in [-0.05, 0) is 62.4 Å². The van der Waals surface area contributed by atoms with Crippen molar-refractivity contribution in [3.63, 3.8) is 0 Å². The molecule has 1 saturated carbocycles. The Hall–Kier alpha value is -2.01. The molecule has 1 aliphatic rings. The summed E-state index contributed by atoms with van der Waals surface area (Å²) in [7, 11) is 0. The summed E-state index contributed by atoms with van der Waals surface area (Å²) in [6, 6.07) is 12.4. The number of benzene rings is 1. The molecule has 1 aromatic carbocycles. The first kappa shape index (κ1) is 19.7. The van der Waals surface area contributed by atoms with Crippen LogP contribution in [0.4, 0.5) is 11.4 Å². The van der Waals surface area contributed by atoms with Gasteiger partial charge in [0, 0.05) is 35.4 Å². The second-order valence-corrected chi connectivity index (χ2v) is 8.13. The molecule has 1 heterocycles. The minimum absolute atomic E-state index is 0.0807. The van der Waals surface area contributed by atoms with Crippen LogP contribution in [0, 0.1) is 0 Å². The lowest BCUT2D eigenvalue weighted by Gasteiger charge is -2.26. The second-order valence-electron chi connectivity index (χ2n) is 7.16. The van der Waals surface area contributed by atoms with Crippen LogP contribution in [-0.2, 0) is 4.79 Å². The lowest BCUT2D eigenvalue weighted by Crippen LogP contribution is -2.41. The van der Waals surface area contributed by atoms with Gasteiger partial charge in [0.25, 0.3) is 0 Å². The molecule has 3 rings (SSSR count). The Morgan fingerprint density at radius 3 is 2.41 bits per heavy atom. The molecule has 0 bridgehead atoms. The van der Waals surface area contributed by atoms with Crippen molar-refractivity contribution in [1.82, 2.24) is 5.32 Å². The van der Waals surface area contributed by atoms with Crippen LogP contribution in [-0.4, -0.2) is 25.0 Å². The monoisotopic (exact) mass is 385 g/mol. The van der Waals surface area contributed by atoms with E-state index in [4.69, 9.17) is 0 Å². The molecule has 0 radical (unpaired) electrons. The fourth-order valence-corrected chi connectivity index (χ4v) is 4.55. The Morgan fingerprint density at radius 1 is 1.11 bits per heavy atom. The van der Waals surface area contributed by atoms with Crippen molar-refractivity contribution in [2.75, 3.05) is 23.3 Å². The number of amides is 1. The number of nitrogens with one attached hydrogen (secondary N) is 2. The molecule has 2 N–H and O–H groups in total. The van der Waals surface area contributed by atoms with Crippen molar-refractivity contribution in [1.29, 1.82) is 0 Å². The molecule has 27 heavy (non-hydrogen) atoms. The van der Waals surface area contributed by atoms with E-state index in [0.29, 0.717) is 6.04 Å². The minimum atomic E-state index is -0.341. The Labute approximate surface area is 167 Å². The highest BCUT2D eigenvalue weighted by molar-refractivity contribution is 7.10. The SMILES string of the molecule is CCN(CC)c1ccc(NC(C(=O)NC2CCCCC2)c2cccs2)cc1. The maximum Gasteiger partial charge on any atom is 0.248 e. The molecule has 1 aliphatic carbocycles. The van der Waals surface area contributed by atoms with E-state index in [2.05, 4.69) is 53.6 Å². The summed E-state index contributed by atoms with van der Waals surface area (Å²) >= 11 is 1.62. The predicted molar refractivity (Wildman–Crippen MR) is 116 cm³/mol. The normalized spacial score (nSPS) is 15.9. The standard InChI is InChI=1S/C22H31N3OS/c1-3-25(4-2)19-14-12-18(13-15-19)23-21(20-11-8-16-27-20)22(26)24-17-9-6-5-7-10-17/h8,11-17,21,23H,3-7,9-10H2,1-2H3,(H,24,26). The van der Waals surface area contributed by atoms with Gasteiger partial charge in [-0.1, -0.05) is 25.3 Å². The van der Waals surface area contributed by atoms with E-state index < -0.39 is 0 Å². The van der Waals surface area contributed by atoms with E-state index in [-0.39, 0.29) is 11.9 Å². The van der Waals surface area contributed by atoms with E-state index >= 15 is 0 Å². The third-order valence-corrected chi connectivity index (χ3v) is 6.29. The van der Waals surface area contributed by atoms with Crippen molar-refractivity contribution in [2.24, 2.45) is 0 Å². The highest BCUT2D eigenvalue weighted by atomic mass is 32.1. The quantitative estimate of drug-likeness (QED) is 0.657. The molecule has 0 saturated heterocycles. The maximum atomic E-state index is 13.0. The number of rotatable bonds is 8. The summed E-state index contributed by atoms with van der Waals surface area (Å²) in [5.41, 5.74) is 2.19. The zero-order valence-electron chi connectivity index (χ0n) is 16.4. The first-order valence-corrected chi connectivity index (χ1v) is 11.0. The fraction of sp³-hybridized carbons (Fsp3) is 0.500. The molecule has 0 spiro atoms. The number of thiophene rings is 1. The van der Waals surface area contributed by atoms with E-state index in [9.17, 15) is 4.79 Å². The van der Waals surface area contributed by atoms with Crippen LogP contribution in [0.3, 0.4) is 0 Å². The van der Waals surface area contributed by atoms with Gasteiger partial charge in [0.1, 0.15) is 6.04 Å². The van der Waals surface area contributed by atoms with Crippen LogP contribution in [0.5, 0.6) is 0 Å². The number of hydrogen-bond donors (Lipinski definition) is 2. The topological polar surface area (TPSA) is 44.4 Å². The van der Waals surface area contributed by atoms with Crippen LogP contribution < -0.4 is 15.5 Å². The zero-order chi connectivity index (χ0) is 19.1. The summed E-state index contributed by atoms with van der Waals surface area (Å²) in [5, 5.41) is 8.75. The Bertz CT molecular complexity index is 689. The van der Waals surface area contributed by atoms with Crippen LogP contribution in [0.15, 0.2) is 41.8 Å². The largest absolute Gasteiger partial charge is 0.372 e. The Kier molecular flexibility index (Phi) is 7.16. The summed E-state index contributed by atoms with van der Waals surface area (Å²) in [5.74, 6) is 0.0807. The van der Waals surface area contributed by atoms with Gasteiger partial charge in [0.05, 0.1) is 0 Å². The van der Waals surface area contributed by atoms with Crippen molar-refractivity contribution in [3.05, 3.63) is 46.7 Å². The summed E-state index contributed by atoms with van der Waals surface area (Å²) in [6.45, 7) is 6.31. The van der Waals surface area contributed by atoms with Gasteiger partial charge >= 0.3 is 0 Å². The highest BCUT2D eigenvalue weighted by Gasteiger charge is 2.25. The van der Waals surface area contributed by atoms with Gasteiger partial charge in [-0.15, -0.1) is 11.3 Å². The molecule has 4 nitrogen and oxygen atoms in total. The third-order valence-electron chi connectivity index (χ3n) is 5.35. The van der Waals surface area contributed by atoms with E-state index in [1.54, 1.807) is 11.3 Å². The molecule has 1 aromatic heterocycles. The first-order valence-electron chi connectivity index (χ1n) is 10.2. The molecule has 2 aromatic rings.